The summed E-state index contributed by atoms with van der Waals surface area (Å²) in [7, 11) is 0. The highest BCUT2D eigenvalue weighted by atomic mass is 16.3. The number of benzene rings is 1. The molecule has 1 aromatic carbocycles. The van der Waals surface area contributed by atoms with Gasteiger partial charge in [-0.05, 0) is 11.1 Å². The van der Waals surface area contributed by atoms with Crippen LogP contribution in [-0.4, -0.2) is 16.3 Å². The molecule has 0 bridgehead atoms. The van der Waals surface area contributed by atoms with E-state index < -0.39 is 18.2 Å². The van der Waals surface area contributed by atoms with E-state index in [1.165, 1.54) is 0 Å². The lowest BCUT2D eigenvalue weighted by atomic mass is 10.1. The van der Waals surface area contributed by atoms with Crippen LogP contribution in [0.1, 0.15) is 23.3 Å². The van der Waals surface area contributed by atoms with Crippen LogP contribution in [0.15, 0.2) is 24.3 Å². The molecule has 0 saturated carbocycles. The number of hydrogen-bond donors (Lipinski definition) is 3. The first-order valence-electron chi connectivity index (χ1n) is 3.92. The van der Waals surface area contributed by atoms with E-state index in [-0.39, 0.29) is 0 Å². The standard InChI is InChI=1S/C9H11NO2/c10-7-5-3-1-2-4-6(5)8(11)9(7)12/h1-4,7-9,11-12H,10H2/t7-,8?,9-/m1/s1. The number of hydrogen-bond acceptors (Lipinski definition) is 3. The Labute approximate surface area is 70.4 Å². The molecular weight excluding hydrogens is 154 g/mol. The van der Waals surface area contributed by atoms with Gasteiger partial charge in [-0.25, -0.2) is 0 Å². The number of aliphatic hydroxyl groups is 2. The summed E-state index contributed by atoms with van der Waals surface area (Å²) in [5.74, 6) is 0. The Bertz CT molecular complexity index is 271. The van der Waals surface area contributed by atoms with Crippen LogP contribution < -0.4 is 5.73 Å². The zero-order chi connectivity index (χ0) is 8.72. The summed E-state index contributed by atoms with van der Waals surface area (Å²) >= 11 is 0. The van der Waals surface area contributed by atoms with Crippen molar-refractivity contribution < 1.29 is 10.2 Å². The highest BCUT2D eigenvalue weighted by molar-refractivity contribution is 5.38. The minimum absolute atomic E-state index is 0.448. The van der Waals surface area contributed by atoms with Gasteiger partial charge in [0.1, 0.15) is 12.2 Å². The summed E-state index contributed by atoms with van der Waals surface area (Å²) in [4.78, 5) is 0. The summed E-state index contributed by atoms with van der Waals surface area (Å²) in [5.41, 5.74) is 7.26. The van der Waals surface area contributed by atoms with Crippen molar-refractivity contribution in [3.05, 3.63) is 35.4 Å². The predicted molar refractivity (Wildman–Crippen MR) is 44.3 cm³/mol. The maximum Gasteiger partial charge on any atom is 0.107 e. The first-order valence-corrected chi connectivity index (χ1v) is 3.92. The van der Waals surface area contributed by atoms with Gasteiger partial charge in [-0.2, -0.15) is 0 Å². The van der Waals surface area contributed by atoms with E-state index in [4.69, 9.17) is 5.73 Å². The number of fused-ring (bicyclic) bond motifs is 1. The number of nitrogens with two attached hydrogens (primary N) is 1. The van der Waals surface area contributed by atoms with Crippen LogP contribution in [0.5, 0.6) is 0 Å². The van der Waals surface area contributed by atoms with Gasteiger partial charge in [-0.1, -0.05) is 24.3 Å². The van der Waals surface area contributed by atoms with E-state index in [0.29, 0.717) is 0 Å². The largest absolute Gasteiger partial charge is 0.388 e. The molecule has 0 heterocycles. The van der Waals surface area contributed by atoms with Crippen LogP contribution in [0.4, 0.5) is 0 Å². The fourth-order valence-corrected chi connectivity index (χ4v) is 1.65. The molecule has 1 aromatic rings. The van der Waals surface area contributed by atoms with E-state index >= 15 is 0 Å². The first kappa shape index (κ1) is 7.73. The Balaban J connectivity index is 2.52. The normalized spacial score (nSPS) is 33.4. The summed E-state index contributed by atoms with van der Waals surface area (Å²) in [5, 5.41) is 18.9. The highest BCUT2D eigenvalue weighted by Crippen LogP contribution is 2.36. The van der Waals surface area contributed by atoms with Gasteiger partial charge in [0.25, 0.3) is 0 Å². The van der Waals surface area contributed by atoms with Gasteiger partial charge in [-0.3, -0.25) is 0 Å². The van der Waals surface area contributed by atoms with Crippen molar-refractivity contribution in [1.29, 1.82) is 0 Å². The minimum atomic E-state index is -0.859. The number of rotatable bonds is 0. The highest BCUT2D eigenvalue weighted by Gasteiger charge is 2.35. The third-order valence-electron chi connectivity index (χ3n) is 2.37. The molecule has 12 heavy (non-hydrogen) atoms. The lowest BCUT2D eigenvalue weighted by Crippen LogP contribution is -2.24. The van der Waals surface area contributed by atoms with Gasteiger partial charge >= 0.3 is 0 Å². The second-order valence-electron chi connectivity index (χ2n) is 3.09. The summed E-state index contributed by atoms with van der Waals surface area (Å²) < 4.78 is 0. The fourth-order valence-electron chi connectivity index (χ4n) is 1.65. The van der Waals surface area contributed by atoms with Crippen LogP contribution in [0, 0.1) is 0 Å². The maximum absolute atomic E-state index is 9.49. The monoisotopic (exact) mass is 165 g/mol. The molecule has 64 valence electrons. The maximum atomic E-state index is 9.49. The summed E-state index contributed by atoms with van der Waals surface area (Å²) in [6.45, 7) is 0. The van der Waals surface area contributed by atoms with Gasteiger partial charge in [0, 0.05) is 0 Å². The molecule has 2 rings (SSSR count). The Morgan fingerprint density at radius 1 is 1.08 bits per heavy atom. The van der Waals surface area contributed by atoms with Crippen molar-refractivity contribution in [3.63, 3.8) is 0 Å². The molecule has 0 radical (unpaired) electrons. The molecule has 1 aliphatic carbocycles. The van der Waals surface area contributed by atoms with Gasteiger partial charge in [-0.15, -0.1) is 0 Å². The molecule has 1 unspecified atom stereocenters. The zero-order valence-corrected chi connectivity index (χ0v) is 6.51. The van der Waals surface area contributed by atoms with Crippen molar-refractivity contribution in [2.75, 3.05) is 0 Å². The Morgan fingerprint density at radius 3 is 2.25 bits per heavy atom. The quantitative estimate of drug-likeness (QED) is 0.510. The lowest BCUT2D eigenvalue weighted by molar-refractivity contribution is 0.0181. The average Bonchev–Trinajstić information content (AvgIpc) is 2.33. The van der Waals surface area contributed by atoms with E-state index in [0.717, 1.165) is 11.1 Å². The Kier molecular flexibility index (Phi) is 1.65. The van der Waals surface area contributed by atoms with E-state index in [1.54, 1.807) is 6.07 Å². The second kappa shape index (κ2) is 2.55. The van der Waals surface area contributed by atoms with Crippen LogP contribution in [0.25, 0.3) is 0 Å². The lowest BCUT2D eigenvalue weighted by Gasteiger charge is -2.11. The van der Waals surface area contributed by atoms with E-state index in [9.17, 15) is 10.2 Å². The molecule has 0 aromatic heterocycles. The predicted octanol–water partition coefficient (Wildman–Crippen LogP) is 0.0943. The van der Waals surface area contributed by atoms with Crippen molar-refractivity contribution in [1.82, 2.24) is 0 Å². The molecule has 0 spiro atoms. The number of aliphatic hydroxyl groups excluding tert-OH is 2. The van der Waals surface area contributed by atoms with E-state index in [1.807, 2.05) is 18.2 Å². The molecule has 0 saturated heterocycles. The van der Waals surface area contributed by atoms with Gasteiger partial charge < -0.3 is 15.9 Å². The third-order valence-corrected chi connectivity index (χ3v) is 2.37. The average molecular weight is 165 g/mol. The molecule has 4 N–H and O–H groups in total. The molecule has 0 aliphatic heterocycles. The molecule has 0 amide bonds. The topological polar surface area (TPSA) is 66.5 Å². The van der Waals surface area contributed by atoms with Crippen LogP contribution in [0.2, 0.25) is 0 Å². The van der Waals surface area contributed by atoms with Gasteiger partial charge in [0.2, 0.25) is 0 Å². The first-order chi connectivity index (χ1) is 5.72. The van der Waals surface area contributed by atoms with Crippen LogP contribution >= 0.6 is 0 Å². The molecule has 1 aliphatic rings. The molecular formula is C9H11NO2. The minimum Gasteiger partial charge on any atom is -0.388 e. The molecule has 3 nitrogen and oxygen atoms in total. The fraction of sp³-hybridized carbons (Fsp3) is 0.333. The zero-order valence-electron chi connectivity index (χ0n) is 6.51. The Hall–Kier alpha value is -0.900. The molecule has 0 fully saturated rings. The van der Waals surface area contributed by atoms with Crippen molar-refractivity contribution >= 4 is 0 Å². The van der Waals surface area contributed by atoms with Crippen LogP contribution in [0.3, 0.4) is 0 Å². The summed E-state index contributed by atoms with van der Waals surface area (Å²) in [6.07, 6.45) is -1.68. The molecule has 3 heteroatoms. The summed E-state index contributed by atoms with van der Waals surface area (Å²) in [6, 6.07) is 6.85. The van der Waals surface area contributed by atoms with E-state index in [2.05, 4.69) is 0 Å². The van der Waals surface area contributed by atoms with Gasteiger partial charge in [0.15, 0.2) is 0 Å². The SMILES string of the molecule is N[C@@H]1c2ccccc2C(O)[C@@H]1O. The van der Waals surface area contributed by atoms with Crippen molar-refractivity contribution in [3.8, 4) is 0 Å². The molecule has 3 atom stereocenters. The second-order valence-corrected chi connectivity index (χ2v) is 3.09. The Morgan fingerprint density at radius 2 is 1.67 bits per heavy atom. The van der Waals surface area contributed by atoms with Crippen molar-refractivity contribution in [2.45, 2.75) is 18.2 Å². The van der Waals surface area contributed by atoms with Gasteiger partial charge in [0.05, 0.1) is 6.04 Å². The van der Waals surface area contributed by atoms with Crippen LogP contribution in [-0.2, 0) is 0 Å². The third kappa shape index (κ3) is 0.876. The smallest absolute Gasteiger partial charge is 0.107 e. The van der Waals surface area contributed by atoms with Crippen molar-refractivity contribution in [2.24, 2.45) is 5.73 Å².